The fraction of sp³-hybridized carbons (Fsp3) is 0.522. The molecule has 0 radical (unpaired) electrons. The van der Waals surface area contributed by atoms with Gasteiger partial charge in [-0.1, -0.05) is 118 Å². The number of anilines is 2. The van der Waals surface area contributed by atoms with Crippen molar-refractivity contribution in [3.63, 3.8) is 0 Å². The van der Waals surface area contributed by atoms with E-state index >= 15 is 0 Å². The average molecular weight is 774 g/mol. The summed E-state index contributed by atoms with van der Waals surface area (Å²) in [5.74, 6) is 1.49. The zero-order chi connectivity index (χ0) is 34.1. The van der Waals surface area contributed by atoms with Crippen LogP contribution in [0.15, 0.2) is 71.6 Å². The number of aryl methyl sites for hydroxylation is 6. The van der Waals surface area contributed by atoms with Gasteiger partial charge in [-0.05, 0) is 137 Å². The third-order valence-corrected chi connectivity index (χ3v) is 16.2. The van der Waals surface area contributed by atoms with Crippen molar-refractivity contribution in [1.29, 1.82) is 0 Å². The Hall–Kier alpha value is -2.21. The van der Waals surface area contributed by atoms with Gasteiger partial charge in [0.1, 0.15) is 5.82 Å². The Kier molecular flexibility index (Phi) is 12.5. The van der Waals surface area contributed by atoms with Crippen molar-refractivity contribution >= 4 is 25.4 Å². The fourth-order valence-corrected chi connectivity index (χ4v) is 15.1. The largest absolute Gasteiger partial charge is 2.00 e. The summed E-state index contributed by atoms with van der Waals surface area (Å²) < 4.78 is 0. The van der Waals surface area contributed by atoms with E-state index in [4.69, 9.17) is 0 Å². The molecule has 266 valence electrons. The van der Waals surface area contributed by atoms with Gasteiger partial charge in [0.05, 0.1) is 0 Å². The van der Waals surface area contributed by atoms with E-state index in [2.05, 4.69) is 112 Å². The minimum atomic E-state index is -0.102. The van der Waals surface area contributed by atoms with Crippen LogP contribution in [0.2, 0.25) is 0 Å². The van der Waals surface area contributed by atoms with Crippen molar-refractivity contribution in [3.05, 3.63) is 111 Å². The molecule has 0 aromatic heterocycles. The Balaban J connectivity index is 0.00000432. The molecule has 1 heterocycles. The second-order valence-corrected chi connectivity index (χ2v) is 19.0. The van der Waals surface area contributed by atoms with Crippen LogP contribution in [0.4, 0.5) is 11.4 Å². The van der Waals surface area contributed by atoms with Gasteiger partial charge in [0.15, 0.2) is 0 Å². The Labute approximate surface area is 318 Å². The maximum atomic E-state index is 2.77. The third kappa shape index (κ3) is 7.76. The fourth-order valence-electron chi connectivity index (χ4n) is 10.5. The van der Waals surface area contributed by atoms with Gasteiger partial charge in [0.25, 0.3) is 0 Å². The van der Waals surface area contributed by atoms with Gasteiger partial charge in [-0.25, -0.2) is 0 Å². The molecule has 3 saturated carbocycles. The van der Waals surface area contributed by atoms with E-state index in [1.165, 1.54) is 140 Å². The van der Waals surface area contributed by atoms with E-state index < -0.39 is 0 Å². The molecule has 3 aromatic carbocycles. The van der Waals surface area contributed by atoms with Crippen LogP contribution in [0, 0.1) is 41.5 Å². The van der Waals surface area contributed by atoms with Crippen LogP contribution in [0.1, 0.15) is 122 Å². The van der Waals surface area contributed by atoms with Crippen molar-refractivity contribution in [3.8, 4) is 0 Å². The molecule has 1 saturated heterocycles. The summed E-state index contributed by atoms with van der Waals surface area (Å²) in [6, 6.07) is 21.0. The van der Waals surface area contributed by atoms with Crippen molar-refractivity contribution in [2.75, 3.05) is 22.9 Å². The van der Waals surface area contributed by atoms with Crippen LogP contribution >= 0.6 is 7.92 Å². The third-order valence-electron chi connectivity index (χ3n) is 12.2. The van der Waals surface area contributed by atoms with Gasteiger partial charge in [0.2, 0.25) is 0 Å². The molecule has 0 bridgehead atoms. The van der Waals surface area contributed by atoms with Crippen LogP contribution in [0.25, 0.3) is 6.08 Å². The van der Waals surface area contributed by atoms with Crippen LogP contribution < -0.4 is 9.80 Å². The van der Waals surface area contributed by atoms with E-state index in [0.29, 0.717) is 5.66 Å². The maximum Gasteiger partial charge on any atom is 2.00 e. The molecule has 2 nitrogen and oxygen atoms in total. The summed E-state index contributed by atoms with van der Waals surface area (Å²) in [7, 11) is -0.102. The minimum Gasteiger partial charge on any atom is -0.325 e. The average Bonchev–Trinajstić information content (AvgIpc) is 3.49. The summed E-state index contributed by atoms with van der Waals surface area (Å²) in [6.07, 6.45) is 21.2. The zero-order valence-electron chi connectivity index (χ0n) is 31.8. The van der Waals surface area contributed by atoms with Crippen LogP contribution in [-0.2, 0) is 19.5 Å². The van der Waals surface area contributed by atoms with Crippen molar-refractivity contribution in [2.24, 2.45) is 0 Å². The number of hydrogen-bond acceptors (Lipinski definition) is 2. The monoisotopic (exact) mass is 774 g/mol. The van der Waals surface area contributed by atoms with E-state index in [9.17, 15) is 0 Å². The van der Waals surface area contributed by atoms with Crippen molar-refractivity contribution in [2.45, 2.75) is 142 Å². The first kappa shape index (κ1) is 37.5. The molecule has 1 unspecified atom stereocenters. The Bertz CT molecular complexity index is 1560. The second-order valence-electron chi connectivity index (χ2n) is 16.0. The van der Waals surface area contributed by atoms with E-state index in [-0.39, 0.29) is 27.4 Å². The van der Waals surface area contributed by atoms with Gasteiger partial charge in [0, 0.05) is 30.1 Å². The van der Waals surface area contributed by atoms with E-state index in [1.54, 1.807) is 11.1 Å². The molecule has 0 spiro atoms. The number of nitrogens with zero attached hydrogens (tertiary/aromatic N) is 2. The molecule has 0 amide bonds. The van der Waals surface area contributed by atoms with Crippen molar-refractivity contribution in [1.82, 2.24) is 0 Å². The standard InChI is InChI=1S/C46H61N2P.Ru/c1-32-27-34(3)44(35(4)28-32)47-25-26-48(45-36(5)29-33(2)30-37(45)6)46(47)41-23-16-24-43(42(41)31-38-17-10-7-11-18-38)49(39-19-12-8-13-20-39)40-21-14-9-15-22-40;/h7,10-11,17-18,27-31,39-40,43H,8-9,12-16,19-26H2,1-6H3;/q;+2. The van der Waals surface area contributed by atoms with Gasteiger partial charge < -0.3 is 9.80 Å². The van der Waals surface area contributed by atoms with E-state index in [1.807, 2.05) is 0 Å². The smallest absolute Gasteiger partial charge is 0.325 e. The predicted octanol–water partition coefficient (Wildman–Crippen LogP) is 12.9. The number of allylic oxidation sites excluding steroid dienone is 2. The number of benzene rings is 3. The molecule has 3 aliphatic carbocycles. The quantitative estimate of drug-likeness (QED) is 0.182. The Morgan fingerprint density at radius 2 is 1.04 bits per heavy atom. The van der Waals surface area contributed by atoms with Gasteiger partial charge in [-0.2, -0.15) is 0 Å². The maximum absolute atomic E-state index is 2.77. The van der Waals surface area contributed by atoms with Gasteiger partial charge in [-0.15, -0.1) is 0 Å². The predicted molar refractivity (Wildman–Crippen MR) is 216 cm³/mol. The molecular weight excluding hydrogens is 713 g/mol. The van der Waals surface area contributed by atoms with Crippen LogP contribution in [0.5, 0.6) is 0 Å². The molecule has 3 aromatic rings. The summed E-state index contributed by atoms with van der Waals surface area (Å²) in [5.41, 5.74) is 18.5. The number of rotatable bonds is 6. The Morgan fingerprint density at radius 1 is 0.580 bits per heavy atom. The summed E-state index contributed by atoms with van der Waals surface area (Å²) in [6.45, 7) is 15.9. The SMILES string of the molecule is Cc1cc(C)c(N2CCN(c3c(C)cc(C)cc3C)C2=C2CCCC(P(C3CCCCC3)C3CCCCC3)C2=Cc2ccccc2)c(C)c1.[Ru+2]. The molecule has 1 aliphatic heterocycles. The molecule has 1 atom stereocenters. The molecule has 0 N–H and O–H groups in total. The summed E-state index contributed by atoms with van der Waals surface area (Å²) in [5, 5.41) is 0. The summed E-state index contributed by atoms with van der Waals surface area (Å²) >= 11 is 0. The second kappa shape index (κ2) is 16.6. The van der Waals surface area contributed by atoms with Crippen LogP contribution in [0.3, 0.4) is 0 Å². The molecular formula is C46H61N2PRu+2. The topological polar surface area (TPSA) is 6.48 Å². The molecule has 7 rings (SSSR count). The first-order chi connectivity index (χ1) is 23.8. The zero-order valence-corrected chi connectivity index (χ0v) is 34.4. The first-order valence-electron chi connectivity index (χ1n) is 19.8. The van der Waals surface area contributed by atoms with Gasteiger partial charge >= 0.3 is 19.5 Å². The number of hydrogen-bond donors (Lipinski definition) is 0. The van der Waals surface area contributed by atoms with E-state index in [0.717, 1.165) is 24.4 Å². The molecule has 4 aliphatic rings. The van der Waals surface area contributed by atoms with Crippen molar-refractivity contribution < 1.29 is 19.5 Å². The normalized spacial score (nSPS) is 21.7. The summed E-state index contributed by atoms with van der Waals surface area (Å²) in [4.78, 5) is 5.53. The minimum absolute atomic E-state index is 0. The van der Waals surface area contributed by atoms with Gasteiger partial charge in [-0.3, -0.25) is 0 Å². The molecule has 4 heteroatoms. The molecule has 50 heavy (non-hydrogen) atoms. The van der Waals surface area contributed by atoms with Crippen LogP contribution in [-0.4, -0.2) is 30.1 Å². The first-order valence-corrected chi connectivity index (χ1v) is 21.3. The molecule has 4 fully saturated rings. The Morgan fingerprint density at radius 3 is 1.50 bits per heavy atom.